The fourth-order valence-electron chi connectivity index (χ4n) is 2.49. The Labute approximate surface area is 149 Å². The lowest BCUT2D eigenvalue weighted by molar-refractivity contribution is -0.116. The molecule has 0 aliphatic heterocycles. The van der Waals surface area contributed by atoms with Gasteiger partial charge in [0.25, 0.3) is 0 Å². The molecule has 2 rings (SSSR count). The molecule has 0 saturated heterocycles. The molecule has 0 spiro atoms. The summed E-state index contributed by atoms with van der Waals surface area (Å²) >= 11 is 0. The molecule has 0 bridgehead atoms. The fraction of sp³-hybridized carbons (Fsp3) is 0.316. The van der Waals surface area contributed by atoms with E-state index in [1.807, 2.05) is 63.2 Å². The van der Waals surface area contributed by atoms with Gasteiger partial charge in [-0.2, -0.15) is 4.31 Å². The van der Waals surface area contributed by atoms with Gasteiger partial charge in [-0.05, 0) is 38.0 Å². The highest BCUT2D eigenvalue weighted by Crippen LogP contribution is 2.16. The van der Waals surface area contributed by atoms with E-state index in [0.717, 1.165) is 28.5 Å². The zero-order valence-corrected chi connectivity index (χ0v) is 15.9. The Hall–Kier alpha value is -2.18. The first-order chi connectivity index (χ1) is 11.6. The number of hydrogen-bond donors (Lipinski definition) is 1. The molecule has 0 heterocycles. The number of anilines is 1. The molecule has 2 aromatic carbocycles. The van der Waals surface area contributed by atoms with E-state index in [1.165, 1.54) is 4.31 Å². The minimum absolute atomic E-state index is 0.166. The molecule has 0 radical (unpaired) electrons. The normalized spacial score (nSPS) is 11.6. The Morgan fingerprint density at radius 3 is 2.16 bits per heavy atom. The van der Waals surface area contributed by atoms with Gasteiger partial charge in [0.05, 0.1) is 12.8 Å². The monoisotopic (exact) mass is 360 g/mol. The summed E-state index contributed by atoms with van der Waals surface area (Å²) in [7, 11) is -3.50. The summed E-state index contributed by atoms with van der Waals surface area (Å²) < 4.78 is 25.3. The van der Waals surface area contributed by atoms with Crippen molar-refractivity contribution in [3.8, 4) is 0 Å². The van der Waals surface area contributed by atoms with E-state index in [1.54, 1.807) is 0 Å². The maximum Gasteiger partial charge on any atom is 0.239 e. The van der Waals surface area contributed by atoms with Gasteiger partial charge in [-0.3, -0.25) is 4.79 Å². The Bertz CT molecular complexity index is 859. The van der Waals surface area contributed by atoms with E-state index in [0.29, 0.717) is 5.69 Å². The quantitative estimate of drug-likeness (QED) is 0.861. The maximum atomic E-state index is 12.3. The zero-order chi connectivity index (χ0) is 18.6. The molecular weight excluding hydrogens is 336 g/mol. The van der Waals surface area contributed by atoms with Gasteiger partial charge in [-0.15, -0.1) is 0 Å². The van der Waals surface area contributed by atoms with Crippen LogP contribution in [0.1, 0.15) is 22.3 Å². The summed E-state index contributed by atoms with van der Waals surface area (Å²) in [6.45, 7) is 5.80. The largest absolute Gasteiger partial charge is 0.325 e. The standard InChI is InChI=1S/C19H24N2O3S/c1-14-5-8-17(9-6-14)12-21(25(4,23)24)13-19(22)20-18-10-7-15(2)11-16(18)3/h5-11H,12-13H2,1-4H3,(H,20,22). The van der Waals surface area contributed by atoms with Crippen LogP contribution < -0.4 is 5.32 Å². The van der Waals surface area contributed by atoms with Gasteiger partial charge >= 0.3 is 0 Å². The van der Waals surface area contributed by atoms with Crippen molar-refractivity contribution in [2.45, 2.75) is 27.3 Å². The highest BCUT2D eigenvalue weighted by molar-refractivity contribution is 7.88. The smallest absolute Gasteiger partial charge is 0.239 e. The van der Waals surface area contributed by atoms with Gasteiger partial charge in [-0.1, -0.05) is 47.5 Å². The van der Waals surface area contributed by atoms with Crippen LogP contribution in [0.3, 0.4) is 0 Å². The Balaban J connectivity index is 2.11. The van der Waals surface area contributed by atoms with Crippen LogP contribution in [0, 0.1) is 20.8 Å². The van der Waals surface area contributed by atoms with Crippen molar-refractivity contribution in [3.63, 3.8) is 0 Å². The van der Waals surface area contributed by atoms with Gasteiger partial charge < -0.3 is 5.32 Å². The topological polar surface area (TPSA) is 66.5 Å². The predicted octanol–water partition coefficient (Wildman–Crippen LogP) is 3.01. The Kier molecular flexibility index (Phi) is 5.98. The minimum atomic E-state index is -3.50. The van der Waals surface area contributed by atoms with E-state index < -0.39 is 10.0 Å². The van der Waals surface area contributed by atoms with Crippen LogP contribution in [0.25, 0.3) is 0 Å². The van der Waals surface area contributed by atoms with Crippen molar-refractivity contribution >= 4 is 21.6 Å². The number of carbonyl (C=O) groups is 1. The van der Waals surface area contributed by atoms with Crippen LogP contribution in [-0.4, -0.2) is 31.4 Å². The van der Waals surface area contributed by atoms with Crippen LogP contribution in [0.2, 0.25) is 0 Å². The molecule has 2 aromatic rings. The molecule has 1 N–H and O–H groups in total. The minimum Gasteiger partial charge on any atom is -0.325 e. The van der Waals surface area contributed by atoms with Gasteiger partial charge in [0.15, 0.2) is 0 Å². The third kappa shape index (κ3) is 5.69. The lowest BCUT2D eigenvalue weighted by Gasteiger charge is -2.20. The second-order valence-corrected chi connectivity index (χ2v) is 8.37. The number of rotatable bonds is 6. The summed E-state index contributed by atoms with van der Waals surface area (Å²) in [6, 6.07) is 13.3. The van der Waals surface area contributed by atoms with Crippen LogP contribution in [0.15, 0.2) is 42.5 Å². The Morgan fingerprint density at radius 2 is 1.60 bits per heavy atom. The first-order valence-corrected chi connectivity index (χ1v) is 9.88. The fourth-order valence-corrected chi connectivity index (χ4v) is 3.23. The molecule has 0 aliphatic carbocycles. The third-order valence-electron chi connectivity index (χ3n) is 3.92. The number of nitrogens with zero attached hydrogens (tertiary/aromatic N) is 1. The van der Waals surface area contributed by atoms with E-state index >= 15 is 0 Å². The summed E-state index contributed by atoms with van der Waals surface area (Å²) in [5.74, 6) is -0.357. The molecule has 0 aliphatic rings. The van der Waals surface area contributed by atoms with E-state index in [-0.39, 0.29) is 19.0 Å². The average molecular weight is 360 g/mol. The molecule has 0 fully saturated rings. The lowest BCUT2D eigenvalue weighted by atomic mass is 10.1. The van der Waals surface area contributed by atoms with Crippen molar-refractivity contribution in [2.24, 2.45) is 0 Å². The second-order valence-electron chi connectivity index (χ2n) is 6.38. The first kappa shape index (κ1) is 19.1. The molecule has 134 valence electrons. The summed E-state index contributed by atoms with van der Waals surface area (Å²) in [5.41, 5.74) is 4.68. The molecule has 0 saturated carbocycles. The van der Waals surface area contributed by atoms with E-state index in [9.17, 15) is 13.2 Å². The number of nitrogens with one attached hydrogen (secondary N) is 1. The van der Waals surface area contributed by atoms with Crippen molar-refractivity contribution in [1.29, 1.82) is 0 Å². The highest BCUT2D eigenvalue weighted by atomic mass is 32.2. The van der Waals surface area contributed by atoms with Crippen molar-refractivity contribution in [3.05, 3.63) is 64.7 Å². The number of sulfonamides is 1. The molecule has 1 amide bonds. The predicted molar refractivity (Wildman–Crippen MR) is 101 cm³/mol. The maximum absolute atomic E-state index is 12.3. The molecule has 6 heteroatoms. The van der Waals surface area contributed by atoms with Gasteiger partial charge in [0.2, 0.25) is 15.9 Å². The van der Waals surface area contributed by atoms with Crippen molar-refractivity contribution in [2.75, 3.05) is 18.1 Å². The molecule has 0 aromatic heterocycles. The van der Waals surface area contributed by atoms with Crippen molar-refractivity contribution < 1.29 is 13.2 Å². The van der Waals surface area contributed by atoms with Gasteiger partial charge in [0.1, 0.15) is 0 Å². The van der Waals surface area contributed by atoms with Crippen LogP contribution >= 0.6 is 0 Å². The SMILES string of the molecule is Cc1ccc(CN(CC(=O)Nc2ccc(C)cc2C)S(C)(=O)=O)cc1. The number of aryl methyl sites for hydroxylation is 3. The zero-order valence-electron chi connectivity index (χ0n) is 15.0. The number of carbonyl (C=O) groups excluding carboxylic acids is 1. The van der Waals surface area contributed by atoms with Crippen LogP contribution in [0.4, 0.5) is 5.69 Å². The van der Waals surface area contributed by atoms with Crippen molar-refractivity contribution in [1.82, 2.24) is 4.31 Å². The average Bonchev–Trinajstić information content (AvgIpc) is 2.50. The first-order valence-electron chi connectivity index (χ1n) is 8.03. The molecule has 0 atom stereocenters. The third-order valence-corrected chi connectivity index (χ3v) is 5.12. The summed E-state index contributed by atoms with van der Waals surface area (Å²) in [4.78, 5) is 12.3. The van der Waals surface area contributed by atoms with Crippen LogP contribution in [-0.2, 0) is 21.4 Å². The second kappa shape index (κ2) is 7.80. The summed E-state index contributed by atoms with van der Waals surface area (Å²) in [6.07, 6.45) is 1.12. The van der Waals surface area contributed by atoms with Gasteiger partial charge in [0, 0.05) is 12.2 Å². The highest BCUT2D eigenvalue weighted by Gasteiger charge is 2.21. The number of amides is 1. The van der Waals surface area contributed by atoms with Gasteiger partial charge in [-0.25, -0.2) is 8.42 Å². The number of benzene rings is 2. The lowest BCUT2D eigenvalue weighted by Crippen LogP contribution is -2.37. The molecule has 0 unspecified atom stereocenters. The molecule has 5 nitrogen and oxygen atoms in total. The Morgan fingerprint density at radius 1 is 1.00 bits per heavy atom. The summed E-state index contributed by atoms with van der Waals surface area (Å²) in [5, 5.41) is 2.79. The molecule has 25 heavy (non-hydrogen) atoms. The van der Waals surface area contributed by atoms with E-state index in [2.05, 4.69) is 5.32 Å². The number of hydrogen-bond acceptors (Lipinski definition) is 3. The van der Waals surface area contributed by atoms with Crippen LogP contribution in [0.5, 0.6) is 0 Å². The van der Waals surface area contributed by atoms with E-state index in [4.69, 9.17) is 0 Å². The molecular formula is C19H24N2O3S.